The van der Waals surface area contributed by atoms with Crippen LogP contribution >= 0.6 is 0 Å². The van der Waals surface area contributed by atoms with Gasteiger partial charge >= 0.3 is 6.09 Å². The molecule has 2 aliphatic carbocycles. The summed E-state index contributed by atoms with van der Waals surface area (Å²) in [6.07, 6.45) is -0.837. The van der Waals surface area contributed by atoms with Crippen molar-refractivity contribution in [1.82, 2.24) is 9.78 Å². The lowest BCUT2D eigenvalue weighted by Gasteiger charge is -2.48. The molecule has 1 amide bonds. The van der Waals surface area contributed by atoms with Crippen molar-refractivity contribution in [3.05, 3.63) is 11.3 Å². The van der Waals surface area contributed by atoms with Gasteiger partial charge in [0.25, 0.3) is 6.43 Å². The molecule has 0 aliphatic heterocycles. The number of hydrogen-bond acceptors (Lipinski definition) is 3. The predicted molar refractivity (Wildman–Crippen MR) is 87.2 cm³/mol. The lowest BCUT2D eigenvalue weighted by atomic mass is 9.58. The van der Waals surface area contributed by atoms with Gasteiger partial charge < -0.3 is 4.74 Å². The number of aromatic nitrogens is 2. The molecule has 2 aliphatic rings. The van der Waals surface area contributed by atoms with E-state index in [1.54, 1.807) is 7.05 Å². The van der Waals surface area contributed by atoms with Crippen LogP contribution in [-0.2, 0) is 17.2 Å². The summed E-state index contributed by atoms with van der Waals surface area (Å²) in [7, 11) is 1.62. The van der Waals surface area contributed by atoms with E-state index in [0.717, 1.165) is 24.8 Å². The van der Waals surface area contributed by atoms with E-state index in [1.165, 1.54) is 4.68 Å². The molecule has 1 N–H and O–H groups in total. The molecule has 2 fully saturated rings. The minimum atomic E-state index is -2.75. The molecular formula is C17H23F4N3O2. The summed E-state index contributed by atoms with van der Waals surface area (Å²) in [4.78, 5) is 11.8. The van der Waals surface area contributed by atoms with Crippen LogP contribution in [0.15, 0.2) is 0 Å². The zero-order valence-corrected chi connectivity index (χ0v) is 14.8. The van der Waals surface area contributed by atoms with Gasteiger partial charge in [-0.05, 0) is 31.6 Å². The third-order valence-corrected chi connectivity index (χ3v) is 5.38. The summed E-state index contributed by atoms with van der Waals surface area (Å²) in [5.74, 6) is 0.530. The van der Waals surface area contributed by atoms with Gasteiger partial charge in [0.15, 0.2) is 6.61 Å². The fourth-order valence-corrected chi connectivity index (χ4v) is 4.10. The largest absolute Gasteiger partial charge is 0.443 e. The number of rotatable bonds is 6. The van der Waals surface area contributed by atoms with Gasteiger partial charge in [-0.1, -0.05) is 13.3 Å². The normalized spacial score (nSPS) is 28.6. The van der Waals surface area contributed by atoms with Gasteiger partial charge in [-0.2, -0.15) is 5.10 Å². The first-order chi connectivity index (χ1) is 12.2. The maximum atomic E-state index is 14.2. The number of carbonyl (C=O) groups excluding carboxylic acids is 1. The highest BCUT2D eigenvalue weighted by molar-refractivity contribution is 5.85. The molecule has 0 aromatic carbocycles. The van der Waals surface area contributed by atoms with Crippen LogP contribution in [0, 0.1) is 0 Å². The maximum absolute atomic E-state index is 14.2. The zero-order chi connectivity index (χ0) is 19.1. The van der Waals surface area contributed by atoms with E-state index in [4.69, 9.17) is 0 Å². The average molecular weight is 377 g/mol. The summed E-state index contributed by atoms with van der Waals surface area (Å²) in [6, 6.07) is 0. The second-order valence-electron chi connectivity index (χ2n) is 7.68. The number of halogens is 4. The minimum Gasteiger partial charge on any atom is -0.443 e. The van der Waals surface area contributed by atoms with Crippen LogP contribution in [0.2, 0.25) is 0 Å². The highest BCUT2D eigenvalue weighted by Crippen LogP contribution is 2.55. The molecule has 9 heteroatoms. The predicted octanol–water partition coefficient (Wildman–Crippen LogP) is 4.23. The molecule has 3 rings (SSSR count). The molecule has 5 nitrogen and oxygen atoms in total. The Labute approximate surface area is 149 Å². The summed E-state index contributed by atoms with van der Waals surface area (Å²) >= 11 is 0. The second-order valence-corrected chi connectivity index (χ2v) is 7.68. The lowest BCUT2D eigenvalue weighted by Crippen LogP contribution is -2.52. The Morgan fingerprint density at radius 1 is 1.42 bits per heavy atom. The maximum Gasteiger partial charge on any atom is 0.413 e. The lowest BCUT2D eigenvalue weighted by molar-refractivity contribution is -0.0307. The zero-order valence-electron chi connectivity index (χ0n) is 14.8. The second kappa shape index (κ2) is 6.74. The number of nitrogens with one attached hydrogen (secondary N) is 1. The third-order valence-electron chi connectivity index (χ3n) is 5.38. The van der Waals surface area contributed by atoms with Crippen LogP contribution in [0.25, 0.3) is 0 Å². The van der Waals surface area contributed by atoms with Crippen molar-refractivity contribution in [3.63, 3.8) is 0 Å². The number of amides is 1. The molecular weight excluding hydrogens is 354 g/mol. The third kappa shape index (κ3) is 3.40. The molecule has 0 bridgehead atoms. The molecule has 0 spiro atoms. The Bertz CT molecular complexity index is 682. The van der Waals surface area contributed by atoms with Crippen molar-refractivity contribution in [3.8, 4) is 0 Å². The van der Waals surface area contributed by atoms with Crippen molar-refractivity contribution in [2.75, 3.05) is 18.6 Å². The Hall–Kier alpha value is -1.80. The van der Waals surface area contributed by atoms with E-state index >= 15 is 0 Å². The van der Waals surface area contributed by atoms with E-state index < -0.39 is 36.9 Å². The molecule has 1 aromatic rings. The van der Waals surface area contributed by atoms with Gasteiger partial charge in [0.2, 0.25) is 0 Å². The SMILES string of the molecule is Cn1nc(C2(C)CC(F)(CF)C2)c(C2CCC2)c1NC(=O)OCC(F)F. The van der Waals surface area contributed by atoms with Crippen LogP contribution < -0.4 is 5.32 Å². The van der Waals surface area contributed by atoms with Crippen molar-refractivity contribution >= 4 is 11.9 Å². The molecule has 26 heavy (non-hydrogen) atoms. The molecule has 1 heterocycles. The fourth-order valence-electron chi connectivity index (χ4n) is 4.10. The van der Waals surface area contributed by atoms with Crippen molar-refractivity contribution in [2.45, 2.75) is 62.5 Å². The van der Waals surface area contributed by atoms with Crippen molar-refractivity contribution < 1.29 is 27.1 Å². The van der Waals surface area contributed by atoms with Crippen LogP contribution in [0.1, 0.15) is 56.2 Å². The Kier molecular flexibility index (Phi) is 4.92. The highest BCUT2D eigenvalue weighted by atomic mass is 19.3. The first-order valence-electron chi connectivity index (χ1n) is 8.72. The first kappa shape index (κ1) is 19.0. The molecule has 146 valence electrons. The van der Waals surface area contributed by atoms with E-state index in [9.17, 15) is 22.4 Å². The summed E-state index contributed by atoms with van der Waals surface area (Å²) in [5, 5.41) is 6.96. The van der Waals surface area contributed by atoms with Crippen LogP contribution in [0.5, 0.6) is 0 Å². The Morgan fingerprint density at radius 2 is 2.08 bits per heavy atom. The first-order valence-corrected chi connectivity index (χ1v) is 8.72. The smallest absolute Gasteiger partial charge is 0.413 e. The van der Waals surface area contributed by atoms with Gasteiger partial charge in [-0.3, -0.25) is 10.00 Å². The molecule has 0 saturated heterocycles. The minimum absolute atomic E-state index is 0.0303. The van der Waals surface area contributed by atoms with Gasteiger partial charge in [-0.25, -0.2) is 22.4 Å². The number of hydrogen-bond donors (Lipinski definition) is 1. The molecule has 0 unspecified atom stereocenters. The quantitative estimate of drug-likeness (QED) is 0.755. The van der Waals surface area contributed by atoms with Gasteiger partial charge in [0.1, 0.15) is 18.2 Å². The van der Waals surface area contributed by atoms with Crippen LogP contribution in [0.3, 0.4) is 0 Å². The van der Waals surface area contributed by atoms with Crippen LogP contribution in [-0.4, -0.2) is 41.2 Å². The molecule has 2 saturated carbocycles. The topological polar surface area (TPSA) is 56.2 Å². The van der Waals surface area contributed by atoms with E-state index in [-0.39, 0.29) is 18.8 Å². The van der Waals surface area contributed by atoms with E-state index in [1.807, 2.05) is 6.92 Å². The average Bonchev–Trinajstić information content (AvgIpc) is 2.80. The summed E-state index contributed by atoms with van der Waals surface area (Å²) < 4.78 is 57.4. The monoisotopic (exact) mass is 377 g/mol. The Balaban J connectivity index is 1.86. The number of anilines is 1. The van der Waals surface area contributed by atoms with E-state index in [0.29, 0.717) is 11.5 Å². The van der Waals surface area contributed by atoms with Crippen molar-refractivity contribution in [1.29, 1.82) is 0 Å². The van der Waals surface area contributed by atoms with Crippen LogP contribution in [0.4, 0.5) is 28.2 Å². The van der Waals surface area contributed by atoms with Gasteiger partial charge in [0, 0.05) is 18.0 Å². The Morgan fingerprint density at radius 3 is 2.58 bits per heavy atom. The standard InChI is InChI=1S/C17H23F4N3O2/c1-16(7-17(21,8-16)9-18)13-12(10-4-3-5-10)14(24(2)23-13)22-15(25)26-6-11(19)20/h10-11H,3-9H2,1-2H3,(H,22,25). The number of carbonyl (C=O) groups is 1. The summed E-state index contributed by atoms with van der Waals surface area (Å²) in [6.45, 7) is -0.184. The van der Waals surface area contributed by atoms with Crippen molar-refractivity contribution in [2.24, 2.45) is 7.05 Å². The fraction of sp³-hybridized carbons (Fsp3) is 0.765. The number of nitrogens with zero attached hydrogens (tertiary/aromatic N) is 2. The molecule has 1 aromatic heterocycles. The molecule has 0 radical (unpaired) electrons. The highest BCUT2D eigenvalue weighted by Gasteiger charge is 2.56. The number of ether oxygens (including phenoxy) is 1. The number of aryl methyl sites for hydroxylation is 1. The summed E-state index contributed by atoms with van der Waals surface area (Å²) in [5.41, 5.74) is -1.00. The number of alkyl halides is 4. The molecule has 0 atom stereocenters. The van der Waals surface area contributed by atoms with Gasteiger partial charge in [0.05, 0.1) is 5.69 Å². The van der Waals surface area contributed by atoms with E-state index in [2.05, 4.69) is 15.2 Å². The van der Waals surface area contributed by atoms with Gasteiger partial charge in [-0.15, -0.1) is 0 Å².